The van der Waals surface area contributed by atoms with Crippen LogP contribution >= 0.6 is 0 Å². The first kappa shape index (κ1) is 8.53. The van der Waals surface area contributed by atoms with E-state index in [1.54, 1.807) is 0 Å². The van der Waals surface area contributed by atoms with E-state index in [1.807, 2.05) is 6.20 Å². The van der Waals surface area contributed by atoms with Crippen molar-refractivity contribution in [1.82, 2.24) is 10.2 Å². The first-order valence-electron chi connectivity index (χ1n) is 5.21. The van der Waals surface area contributed by atoms with E-state index in [2.05, 4.69) is 46.3 Å². The Bertz CT molecular complexity index is 470. The summed E-state index contributed by atoms with van der Waals surface area (Å²) < 4.78 is 0. The van der Waals surface area contributed by atoms with Gasteiger partial charge in [-0.1, -0.05) is 17.7 Å². The molecule has 2 aromatic rings. The largest absolute Gasteiger partial charge is 0.326 e. The van der Waals surface area contributed by atoms with Crippen molar-refractivity contribution in [3.63, 3.8) is 0 Å². The number of anilines is 2. The molecule has 1 aromatic carbocycles. The molecule has 2 heterocycles. The maximum Gasteiger partial charge on any atom is 0.131 e. The van der Waals surface area contributed by atoms with Gasteiger partial charge in [-0.2, -0.15) is 5.10 Å². The van der Waals surface area contributed by atoms with E-state index in [4.69, 9.17) is 0 Å². The van der Waals surface area contributed by atoms with Gasteiger partial charge in [0.05, 0.1) is 6.20 Å². The van der Waals surface area contributed by atoms with Crippen LogP contribution in [0.1, 0.15) is 11.1 Å². The topological polar surface area (TPSA) is 31.9 Å². The van der Waals surface area contributed by atoms with Crippen molar-refractivity contribution in [2.75, 3.05) is 11.4 Å². The highest BCUT2D eigenvalue weighted by Crippen LogP contribution is 2.32. The van der Waals surface area contributed by atoms with Crippen molar-refractivity contribution in [3.05, 3.63) is 41.6 Å². The van der Waals surface area contributed by atoms with Gasteiger partial charge in [0, 0.05) is 17.8 Å². The van der Waals surface area contributed by atoms with Gasteiger partial charge in [0.15, 0.2) is 0 Å². The molecule has 76 valence electrons. The number of hydrogen-bond acceptors (Lipinski definition) is 2. The average molecular weight is 199 g/mol. The van der Waals surface area contributed by atoms with Crippen molar-refractivity contribution in [3.8, 4) is 0 Å². The van der Waals surface area contributed by atoms with Gasteiger partial charge in [0.25, 0.3) is 0 Å². The molecule has 0 saturated heterocycles. The van der Waals surface area contributed by atoms with Crippen LogP contribution in [0.4, 0.5) is 11.5 Å². The highest BCUT2D eigenvalue weighted by Gasteiger charge is 2.21. The van der Waals surface area contributed by atoms with Crippen molar-refractivity contribution < 1.29 is 0 Å². The fourth-order valence-corrected chi connectivity index (χ4v) is 2.05. The molecular formula is C12H13N3. The molecule has 0 fully saturated rings. The Morgan fingerprint density at radius 2 is 2.07 bits per heavy atom. The molecule has 3 heteroatoms. The van der Waals surface area contributed by atoms with Crippen LogP contribution in [0.3, 0.4) is 0 Å². The lowest BCUT2D eigenvalue weighted by atomic mass is 10.2. The van der Waals surface area contributed by atoms with Gasteiger partial charge < -0.3 is 4.90 Å². The molecule has 15 heavy (non-hydrogen) atoms. The van der Waals surface area contributed by atoms with Gasteiger partial charge in [-0.25, -0.2) is 0 Å². The summed E-state index contributed by atoms with van der Waals surface area (Å²) >= 11 is 0. The third-order valence-electron chi connectivity index (χ3n) is 2.92. The fraction of sp³-hybridized carbons (Fsp3) is 0.250. The number of fused-ring (bicyclic) bond motifs is 1. The van der Waals surface area contributed by atoms with E-state index >= 15 is 0 Å². The van der Waals surface area contributed by atoms with Crippen molar-refractivity contribution in [2.24, 2.45) is 0 Å². The summed E-state index contributed by atoms with van der Waals surface area (Å²) in [5, 5.41) is 7.13. The lowest BCUT2D eigenvalue weighted by Crippen LogP contribution is -2.14. The molecule has 0 radical (unpaired) electrons. The molecule has 0 atom stereocenters. The van der Waals surface area contributed by atoms with E-state index in [0.29, 0.717) is 0 Å². The Balaban J connectivity index is 2.00. The van der Waals surface area contributed by atoms with E-state index < -0.39 is 0 Å². The number of nitrogens with one attached hydrogen (secondary N) is 1. The van der Waals surface area contributed by atoms with Crippen LogP contribution in [-0.2, 0) is 6.42 Å². The fourth-order valence-electron chi connectivity index (χ4n) is 2.05. The summed E-state index contributed by atoms with van der Waals surface area (Å²) in [5.74, 6) is 1.15. The second-order valence-electron chi connectivity index (χ2n) is 3.98. The highest BCUT2D eigenvalue weighted by molar-refractivity contribution is 5.65. The average Bonchev–Trinajstić information content (AvgIpc) is 2.80. The molecule has 0 spiro atoms. The number of aromatic nitrogens is 2. The Morgan fingerprint density at radius 3 is 2.87 bits per heavy atom. The quantitative estimate of drug-likeness (QED) is 0.764. The van der Waals surface area contributed by atoms with Gasteiger partial charge in [0.2, 0.25) is 0 Å². The molecule has 0 saturated carbocycles. The van der Waals surface area contributed by atoms with E-state index in [1.165, 1.54) is 16.8 Å². The summed E-state index contributed by atoms with van der Waals surface area (Å²) in [5.41, 5.74) is 3.85. The number of aryl methyl sites for hydroxylation is 1. The van der Waals surface area contributed by atoms with Gasteiger partial charge >= 0.3 is 0 Å². The van der Waals surface area contributed by atoms with Crippen LogP contribution in [0, 0.1) is 6.92 Å². The minimum atomic E-state index is 1.05. The summed E-state index contributed by atoms with van der Waals surface area (Å²) in [6.07, 6.45) is 3.00. The SMILES string of the molecule is Cc1ccc(N2CCc3cn[nH]c32)cc1. The maximum absolute atomic E-state index is 4.07. The summed E-state index contributed by atoms with van der Waals surface area (Å²) in [4.78, 5) is 2.28. The molecule has 3 nitrogen and oxygen atoms in total. The summed E-state index contributed by atoms with van der Waals surface area (Å²) in [7, 11) is 0. The Morgan fingerprint density at radius 1 is 1.27 bits per heavy atom. The maximum atomic E-state index is 4.07. The normalized spacial score (nSPS) is 14.3. The molecule has 0 unspecified atom stereocenters. The van der Waals surface area contributed by atoms with E-state index in [-0.39, 0.29) is 0 Å². The number of H-pyrrole nitrogens is 1. The second kappa shape index (κ2) is 3.12. The van der Waals surface area contributed by atoms with Gasteiger partial charge in [0.1, 0.15) is 5.82 Å². The number of rotatable bonds is 1. The smallest absolute Gasteiger partial charge is 0.131 e. The number of nitrogens with zero attached hydrogens (tertiary/aromatic N) is 2. The molecule has 0 aliphatic carbocycles. The number of benzene rings is 1. The van der Waals surface area contributed by atoms with Crippen LogP contribution in [0.5, 0.6) is 0 Å². The predicted octanol–water partition coefficient (Wildman–Crippen LogP) is 2.41. The second-order valence-corrected chi connectivity index (χ2v) is 3.98. The standard InChI is InChI=1S/C12H13N3/c1-9-2-4-11(5-3-9)15-7-6-10-8-13-14-12(10)15/h2-5,8H,6-7H2,1H3,(H,13,14). The highest BCUT2D eigenvalue weighted by atomic mass is 15.3. The van der Waals surface area contributed by atoms with Crippen LogP contribution in [0.2, 0.25) is 0 Å². The van der Waals surface area contributed by atoms with Crippen molar-refractivity contribution in [1.29, 1.82) is 0 Å². The third kappa shape index (κ3) is 1.31. The van der Waals surface area contributed by atoms with E-state index in [9.17, 15) is 0 Å². The van der Waals surface area contributed by atoms with Crippen LogP contribution in [-0.4, -0.2) is 16.7 Å². The lowest BCUT2D eigenvalue weighted by molar-refractivity contribution is 0.946. The monoisotopic (exact) mass is 199 g/mol. The minimum Gasteiger partial charge on any atom is -0.326 e. The zero-order valence-electron chi connectivity index (χ0n) is 8.70. The van der Waals surface area contributed by atoms with Gasteiger partial charge in [-0.15, -0.1) is 0 Å². The van der Waals surface area contributed by atoms with Crippen molar-refractivity contribution >= 4 is 11.5 Å². The van der Waals surface area contributed by atoms with Crippen LogP contribution in [0.25, 0.3) is 0 Å². The summed E-state index contributed by atoms with van der Waals surface area (Å²) in [6.45, 7) is 3.15. The zero-order chi connectivity index (χ0) is 10.3. The number of aromatic amines is 1. The minimum absolute atomic E-state index is 1.05. The summed E-state index contributed by atoms with van der Waals surface area (Å²) in [6, 6.07) is 8.60. The van der Waals surface area contributed by atoms with Crippen LogP contribution in [0.15, 0.2) is 30.5 Å². The lowest BCUT2D eigenvalue weighted by Gasteiger charge is -2.17. The first-order valence-corrected chi connectivity index (χ1v) is 5.21. The molecule has 3 rings (SSSR count). The molecule has 1 N–H and O–H groups in total. The molecule has 1 aliphatic heterocycles. The van der Waals surface area contributed by atoms with Crippen molar-refractivity contribution in [2.45, 2.75) is 13.3 Å². The molecule has 1 aliphatic rings. The Labute approximate surface area is 88.7 Å². The van der Waals surface area contributed by atoms with E-state index in [0.717, 1.165) is 18.8 Å². The Hall–Kier alpha value is -1.77. The molecule has 1 aromatic heterocycles. The van der Waals surface area contributed by atoms with Crippen LogP contribution < -0.4 is 4.90 Å². The van der Waals surface area contributed by atoms with Gasteiger partial charge in [-0.3, -0.25) is 5.10 Å². The third-order valence-corrected chi connectivity index (χ3v) is 2.92. The number of hydrogen-bond donors (Lipinski definition) is 1. The molecular weight excluding hydrogens is 186 g/mol. The predicted molar refractivity (Wildman–Crippen MR) is 60.5 cm³/mol. The first-order chi connectivity index (χ1) is 7.34. The molecule has 0 amide bonds. The Kier molecular flexibility index (Phi) is 1.78. The van der Waals surface area contributed by atoms with Gasteiger partial charge in [-0.05, 0) is 25.5 Å². The molecule has 0 bridgehead atoms. The zero-order valence-corrected chi connectivity index (χ0v) is 8.70.